The number of hydrogen-bond donors (Lipinski definition) is 0. The van der Waals surface area contributed by atoms with E-state index >= 15 is 0 Å². The summed E-state index contributed by atoms with van der Waals surface area (Å²) in [7, 11) is 3.10. The molecule has 30 heavy (non-hydrogen) atoms. The fourth-order valence-corrected chi connectivity index (χ4v) is 2.98. The van der Waals surface area contributed by atoms with Gasteiger partial charge in [-0.3, -0.25) is 0 Å². The van der Waals surface area contributed by atoms with Crippen LogP contribution in [0, 0.1) is 18.3 Å². The Morgan fingerprint density at radius 3 is 2.40 bits per heavy atom. The van der Waals surface area contributed by atoms with E-state index in [2.05, 4.69) is 6.07 Å². The standard InChI is InChI=1S/C25H21NO4/c1-17-7-4-5-10-22(17)25(27)30-21-9-6-8-18(14-21)13-20(16-26)19-11-12-23(28-2)24(15-19)29-3/h4-15H,1-3H3/b20-13-. The molecular weight excluding hydrogens is 378 g/mol. The molecule has 0 unspecified atom stereocenters. The molecule has 0 atom stereocenters. The van der Waals surface area contributed by atoms with Crippen LogP contribution in [0.2, 0.25) is 0 Å². The molecular formula is C25H21NO4. The molecule has 3 rings (SSSR count). The highest BCUT2D eigenvalue weighted by Crippen LogP contribution is 2.31. The highest BCUT2D eigenvalue weighted by molar-refractivity contribution is 5.93. The fraction of sp³-hybridized carbons (Fsp3) is 0.120. The first-order valence-corrected chi connectivity index (χ1v) is 9.27. The molecule has 0 bridgehead atoms. The Bertz CT molecular complexity index is 1140. The Morgan fingerprint density at radius 1 is 0.933 bits per heavy atom. The third-order valence-electron chi connectivity index (χ3n) is 4.56. The number of esters is 1. The SMILES string of the molecule is COc1ccc(/C(C#N)=C\c2cccc(OC(=O)c3ccccc3C)c2)cc1OC. The van der Waals surface area contributed by atoms with Gasteiger partial charge in [0.05, 0.1) is 31.4 Å². The molecule has 150 valence electrons. The van der Waals surface area contributed by atoms with Gasteiger partial charge in [0.15, 0.2) is 11.5 Å². The van der Waals surface area contributed by atoms with Crippen molar-refractivity contribution in [1.29, 1.82) is 5.26 Å². The number of ether oxygens (including phenoxy) is 3. The van der Waals surface area contributed by atoms with Crippen molar-refractivity contribution < 1.29 is 19.0 Å². The summed E-state index contributed by atoms with van der Waals surface area (Å²) in [5.74, 6) is 1.11. The second kappa shape index (κ2) is 9.44. The van der Waals surface area contributed by atoms with Crippen LogP contribution in [0.3, 0.4) is 0 Å². The topological polar surface area (TPSA) is 68.5 Å². The van der Waals surface area contributed by atoms with Gasteiger partial charge in [-0.15, -0.1) is 0 Å². The number of rotatable bonds is 6. The van der Waals surface area contributed by atoms with E-state index in [1.54, 1.807) is 68.8 Å². The number of aryl methyl sites for hydroxylation is 1. The van der Waals surface area contributed by atoms with Crippen molar-refractivity contribution in [2.45, 2.75) is 6.92 Å². The van der Waals surface area contributed by atoms with Gasteiger partial charge in [0.1, 0.15) is 5.75 Å². The summed E-state index contributed by atoms with van der Waals surface area (Å²) >= 11 is 0. The molecule has 0 spiro atoms. The summed E-state index contributed by atoms with van der Waals surface area (Å²) in [5, 5.41) is 9.65. The van der Waals surface area contributed by atoms with Gasteiger partial charge in [0, 0.05) is 0 Å². The Balaban J connectivity index is 1.87. The summed E-state index contributed by atoms with van der Waals surface area (Å²) in [6.45, 7) is 1.86. The predicted octanol–water partition coefficient (Wildman–Crippen LogP) is 5.30. The maximum atomic E-state index is 12.5. The molecule has 0 heterocycles. The lowest BCUT2D eigenvalue weighted by molar-refractivity contribution is 0.0734. The minimum absolute atomic E-state index is 0.404. The third kappa shape index (κ3) is 4.68. The zero-order chi connectivity index (χ0) is 21.5. The first-order valence-electron chi connectivity index (χ1n) is 9.27. The van der Waals surface area contributed by atoms with Gasteiger partial charge in [0.2, 0.25) is 0 Å². The van der Waals surface area contributed by atoms with Gasteiger partial charge in [-0.1, -0.05) is 30.3 Å². The van der Waals surface area contributed by atoms with Crippen LogP contribution in [0.1, 0.15) is 27.0 Å². The van der Waals surface area contributed by atoms with Crippen LogP contribution in [0.25, 0.3) is 11.6 Å². The van der Waals surface area contributed by atoms with E-state index in [1.165, 1.54) is 0 Å². The number of hydrogen-bond acceptors (Lipinski definition) is 5. The zero-order valence-corrected chi connectivity index (χ0v) is 17.0. The van der Waals surface area contributed by atoms with Crippen LogP contribution in [0.4, 0.5) is 0 Å². The molecule has 3 aromatic carbocycles. The highest BCUT2D eigenvalue weighted by Gasteiger charge is 2.12. The first-order chi connectivity index (χ1) is 14.5. The second-order valence-corrected chi connectivity index (χ2v) is 6.52. The lowest BCUT2D eigenvalue weighted by Gasteiger charge is -2.09. The molecule has 3 aromatic rings. The van der Waals surface area contributed by atoms with Gasteiger partial charge in [-0.2, -0.15) is 5.26 Å². The van der Waals surface area contributed by atoms with Crippen molar-refractivity contribution in [2.75, 3.05) is 14.2 Å². The summed E-state index contributed by atoms with van der Waals surface area (Å²) in [4.78, 5) is 12.5. The quantitative estimate of drug-likeness (QED) is 0.244. The van der Waals surface area contributed by atoms with E-state index < -0.39 is 5.97 Å². The minimum atomic E-state index is -0.422. The number of benzene rings is 3. The van der Waals surface area contributed by atoms with E-state index in [4.69, 9.17) is 14.2 Å². The molecule has 5 nitrogen and oxygen atoms in total. The average molecular weight is 399 g/mol. The van der Waals surface area contributed by atoms with Crippen molar-refractivity contribution in [3.63, 3.8) is 0 Å². The van der Waals surface area contributed by atoms with Crippen molar-refractivity contribution in [1.82, 2.24) is 0 Å². The van der Waals surface area contributed by atoms with Crippen LogP contribution in [-0.4, -0.2) is 20.2 Å². The first kappa shape index (κ1) is 20.7. The minimum Gasteiger partial charge on any atom is -0.493 e. The van der Waals surface area contributed by atoms with Crippen molar-refractivity contribution in [3.8, 4) is 23.3 Å². The molecule has 0 aliphatic carbocycles. The lowest BCUT2D eigenvalue weighted by atomic mass is 10.0. The van der Waals surface area contributed by atoms with Crippen LogP contribution in [-0.2, 0) is 0 Å². The van der Waals surface area contributed by atoms with E-state index in [9.17, 15) is 10.1 Å². The predicted molar refractivity (Wildman–Crippen MR) is 116 cm³/mol. The Hall–Kier alpha value is -4.04. The maximum Gasteiger partial charge on any atom is 0.343 e. The van der Waals surface area contributed by atoms with E-state index in [0.29, 0.717) is 33.9 Å². The van der Waals surface area contributed by atoms with Crippen molar-refractivity contribution in [3.05, 3.63) is 89.0 Å². The third-order valence-corrected chi connectivity index (χ3v) is 4.56. The molecule has 0 aliphatic heterocycles. The van der Waals surface area contributed by atoms with Gasteiger partial charge >= 0.3 is 5.97 Å². The monoisotopic (exact) mass is 399 g/mol. The lowest BCUT2D eigenvalue weighted by Crippen LogP contribution is -2.10. The molecule has 0 saturated heterocycles. The fourth-order valence-electron chi connectivity index (χ4n) is 2.98. The summed E-state index contributed by atoms with van der Waals surface area (Å²) < 4.78 is 16.1. The smallest absolute Gasteiger partial charge is 0.343 e. The van der Waals surface area contributed by atoms with Crippen LogP contribution in [0.15, 0.2) is 66.7 Å². The van der Waals surface area contributed by atoms with E-state index in [-0.39, 0.29) is 0 Å². The average Bonchev–Trinajstić information content (AvgIpc) is 2.77. The second-order valence-electron chi connectivity index (χ2n) is 6.52. The number of nitrogens with zero attached hydrogens (tertiary/aromatic N) is 1. The van der Waals surface area contributed by atoms with Gasteiger partial charge in [-0.05, 0) is 66.1 Å². The number of carbonyl (C=O) groups excluding carboxylic acids is 1. The Kier molecular flexibility index (Phi) is 6.51. The Morgan fingerprint density at radius 2 is 1.70 bits per heavy atom. The zero-order valence-electron chi connectivity index (χ0n) is 17.0. The molecule has 0 fully saturated rings. The molecule has 0 aromatic heterocycles. The highest BCUT2D eigenvalue weighted by atomic mass is 16.5. The van der Waals surface area contributed by atoms with Crippen molar-refractivity contribution in [2.24, 2.45) is 0 Å². The number of allylic oxidation sites excluding steroid dienone is 1. The molecule has 0 aliphatic rings. The van der Waals surface area contributed by atoms with E-state index in [1.807, 2.05) is 25.1 Å². The van der Waals surface area contributed by atoms with E-state index in [0.717, 1.165) is 11.1 Å². The van der Waals surface area contributed by atoms with Crippen molar-refractivity contribution >= 4 is 17.6 Å². The molecule has 0 radical (unpaired) electrons. The summed E-state index contributed by atoms with van der Waals surface area (Å²) in [6, 6.07) is 21.8. The maximum absolute atomic E-state index is 12.5. The number of nitriles is 1. The van der Waals surface area contributed by atoms with Gasteiger partial charge in [0.25, 0.3) is 0 Å². The molecule has 0 saturated carbocycles. The van der Waals surface area contributed by atoms with Crippen LogP contribution in [0.5, 0.6) is 17.2 Å². The number of methoxy groups -OCH3 is 2. The largest absolute Gasteiger partial charge is 0.493 e. The number of carbonyl (C=O) groups is 1. The molecule has 5 heteroatoms. The molecule has 0 N–H and O–H groups in total. The normalized spacial score (nSPS) is 10.8. The summed E-state index contributed by atoms with van der Waals surface area (Å²) in [6.07, 6.45) is 1.73. The van der Waals surface area contributed by atoms with Gasteiger partial charge < -0.3 is 14.2 Å². The van der Waals surface area contributed by atoms with Crippen LogP contribution < -0.4 is 14.2 Å². The Labute approximate surface area is 175 Å². The molecule has 0 amide bonds. The van der Waals surface area contributed by atoms with Crippen LogP contribution >= 0.6 is 0 Å². The summed E-state index contributed by atoms with van der Waals surface area (Å²) in [5.41, 5.74) is 3.23. The van der Waals surface area contributed by atoms with Gasteiger partial charge in [-0.25, -0.2) is 4.79 Å².